The molecule has 1 aromatic carbocycles. The Morgan fingerprint density at radius 2 is 2.11 bits per heavy atom. The fraction of sp³-hybridized carbons (Fsp3) is 0.571. The maximum atomic E-state index is 8.92. The lowest BCUT2D eigenvalue weighted by atomic mass is 10.2. The molecule has 0 atom stereocenters. The molecule has 0 fully saturated rings. The van der Waals surface area contributed by atoms with E-state index >= 15 is 0 Å². The highest BCUT2D eigenvalue weighted by atomic mass is 79.9. The Labute approximate surface area is 118 Å². The van der Waals surface area contributed by atoms with E-state index in [4.69, 9.17) is 5.11 Å². The predicted molar refractivity (Wildman–Crippen MR) is 81.1 cm³/mol. The molecular weight excluding hydrogens is 292 g/mol. The number of aliphatic hydroxyl groups is 1. The number of halogens is 1. The molecule has 0 aliphatic rings. The summed E-state index contributed by atoms with van der Waals surface area (Å²) in [6.07, 6.45) is 0.805. The summed E-state index contributed by atoms with van der Waals surface area (Å²) < 4.78 is 1.12. The first-order valence-corrected chi connectivity index (χ1v) is 7.37. The van der Waals surface area contributed by atoms with Crippen molar-refractivity contribution in [2.24, 2.45) is 0 Å². The number of nitrogens with one attached hydrogen (secondary N) is 1. The molecule has 0 amide bonds. The average Bonchev–Trinajstić information content (AvgIpc) is 2.39. The Morgan fingerprint density at radius 1 is 1.33 bits per heavy atom. The van der Waals surface area contributed by atoms with E-state index in [0.29, 0.717) is 0 Å². The molecule has 0 saturated heterocycles. The molecule has 0 bridgehead atoms. The molecule has 0 spiro atoms. The third-order valence-electron chi connectivity index (χ3n) is 2.90. The zero-order valence-corrected chi connectivity index (χ0v) is 12.8. The van der Waals surface area contributed by atoms with Crippen molar-refractivity contribution < 1.29 is 5.11 Å². The molecule has 0 aliphatic carbocycles. The summed E-state index contributed by atoms with van der Waals surface area (Å²) in [5.74, 6) is 0. The molecular formula is C14H23BrN2O. The van der Waals surface area contributed by atoms with Gasteiger partial charge >= 0.3 is 0 Å². The largest absolute Gasteiger partial charge is 0.396 e. The lowest BCUT2D eigenvalue weighted by Crippen LogP contribution is -2.25. The van der Waals surface area contributed by atoms with Crippen LogP contribution in [0.4, 0.5) is 5.69 Å². The number of rotatable bonds is 8. The van der Waals surface area contributed by atoms with Gasteiger partial charge in [-0.2, -0.15) is 0 Å². The fourth-order valence-corrected chi connectivity index (χ4v) is 2.57. The first-order valence-electron chi connectivity index (χ1n) is 6.57. The number of nitrogens with zero attached hydrogens (tertiary/aromatic N) is 1. The zero-order chi connectivity index (χ0) is 13.4. The third-order valence-corrected chi connectivity index (χ3v) is 3.53. The van der Waals surface area contributed by atoms with Crippen LogP contribution in [0.5, 0.6) is 0 Å². The molecule has 0 aliphatic heterocycles. The smallest absolute Gasteiger partial charge is 0.0510 e. The van der Waals surface area contributed by atoms with Crippen molar-refractivity contribution in [3.05, 3.63) is 28.2 Å². The number of hydrogen-bond donors (Lipinski definition) is 2. The lowest BCUT2D eigenvalue weighted by Gasteiger charge is -2.24. The summed E-state index contributed by atoms with van der Waals surface area (Å²) in [6, 6.07) is 6.47. The molecule has 18 heavy (non-hydrogen) atoms. The van der Waals surface area contributed by atoms with Crippen LogP contribution in [0, 0.1) is 0 Å². The molecule has 0 saturated carbocycles. The van der Waals surface area contributed by atoms with E-state index in [1.807, 2.05) is 0 Å². The molecule has 3 nitrogen and oxygen atoms in total. The van der Waals surface area contributed by atoms with Gasteiger partial charge in [0.25, 0.3) is 0 Å². The molecule has 0 unspecified atom stereocenters. The van der Waals surface area contributed by atoms with Crippen LogP contribution in [0.1, 0.15) is 25.8 Å². The lowest BCUT2D eigenvalue weighted by molar-refractivity contribution is 0.289. The van der Waals surface area contributed by atoms with Gasteiger partial charge < -0.3 is 15.3 Å². The highest BCUT2D eigenvalue weighted by Gasteiger charge is 2.08. The van der Waals surface area contributed by atoms with E-state index in [-0.39, 0.29) is 6.61 Å². The van der Waals surface area contributed by atoms with Gasteiger partial charge in [0, 0.05) is 30.7 Å². The van der Waals surface area contributed by atoms with Gasteiger partial charge in [-0.3, -0.25) is 0 Å². The maximum absolute atomic E-state index is 8.92. The predicted octanol–water partition coefficient (Wildman–Crippen LogP) is 2.77. The van der Waals surface area contributed by atoms with Crippen molar-refractivity contribution in [3.63, 3.8) is 0 Å². The van der Waals surface area contributed by atoms with Crippen molar-refractivity contribution in [3.8, 4) is 0 Å². The summed E-state index contributed by atoms with van der Waals surface area (Å²) >= 11 is 3.64. The second-order valence-corrected chi connectivity index (χ2v) is 5.08. The zero-order valence-electron chi connectivity index (χ0n) is 11.2. The van der Waals surface area contributed by atoms with E-state index in [1.54, 1.807) is 0 Å². The van der Waals surface area contributed by atoms with E-state index in [0.717, 1.165) is 37.1 Å². The van der Waals surface area contributed by atoms with Crippen molar-refractivity contribution in [2.75, 3.05) is 31.1 Å². The molecule has 102 valence electrons. The first kappa shape index (κ1) is 15.5. The highest BCUT2D eigenvalue weighted by molar-refractivity contribution is 9.10. The minimum absolute atomic E-state index is 0.243. The maximum Gasteiger partial charge on any atom is 0.0510 e. The Balaban J connectivity index is 2.75. The van der Waals surface area contributed by atoms with Crippen LogP contribution in [0.15, 0.2) is 22.7 Å². The topological polar surface area (TPSA) is 35.5 Å². The Morgan fingerprint density at radius 3 is 2.67 bits per heavy atom. The summed E-state index contributed by atoms with van der Waals surface area (Å²) in [7, 11) is 0. The van der Waals surface area contributed by atoms with Gasteiger partial charge in [0.2, 0.25) is 0 Å². The molecule has 4 heteroatoms. The summed E-state index contributed by atoms with van der Waals surface area (Å²) in [6.45, 7) is 8.21. The van der Waals surface area contributed by atoms with Gasteiger partial charge in [0.1, 0.15) is 0 Å². The van der Waals surface area contributed by atoms with Crippen molar-refractivity contribution in [1.29, 1.82) is 0 Å². The Bertz CT molecular complexity index is 358. The van der Waals surface area contributed by atoms with Gasteiger partial charge in [-0.1, -0.05) is 13.0 Å². The molecule has 0 radical (unpaired) electrons. The van der Waals surface area contributed by atoms with E-state index in [2.05, 4.69) is 58.2 Å². The van der Waals surface area contributed by atoms with E-state index < -0.39 is 0 Å². The number of anilines is 1. The van der Waals surface area contributed by atoms with Crippen molar-refractivity contribution >= 4 is 21.6 Å². The first-order chi connectivity index (χ1) is 8.72. The third kappa shape index (κ3) is 4.59. The quantitative estimate of drug-likeness (QED) is 0.774. The van der Waals surface area contributed by atoms with Gasteiger partial charge in [-0.05, 0) is 53.5 Å². The summed E-state index contributed by atoms with van der Waals surface area (Å²) in [5, 5.41) is 12.2. The Hall–Kier alpha value is -0.580. The standard InChI is InChI=1S/C14H23BrN2O/c1-3-16-11-12-6-7-14(13(15)10-12)17(4-2)8-5-9-18/h6-7,10,16,18H,3-5,8-9,11H2,1-2H3. The van der Waals surface area contributed by atoms with Crippen molar-refractivity contribution in [1.82, 2.24) is 5.32 Å². The number of benzene rings is 1. The van der Waals surface area contributed by atoms with Crippen LogP contribution in [0.3, 0.4) is 0 Å². The molecule has 2 N–H and O–H groups in total. The summed E-state index contributed by atoms with van der Waals surface area (Å²) in [4.78, 5) is 2.28. The van der Waals surface area contributed by atoms with Crippen LogP contribution >= 0.6 is 15.9 Å². The minimum atomic E-state index is 0.243. The Kier molecular flexibility index (Phi) is 7.32. The monoisotopic (exact) mass is 314 g/mol. The van der Waals surface area contributed by atoms with Gasteiger partial charge in [-0.15, -0.1) is 0 Å². The number of hydrogen-bond acceptors (Lipinski definition) is 3. The highest BCUT2D eigenvalue weighted by Crippen LogP contribution is 2.27. The van der Waals surface area contributed by atoms with Crippen molar-refractivity contribution in [2.45, 2.75) is 26.8 Å². The van der Waals surface area contributed by atoms with E-state index in [9.17, 15) is 0 Å². The fourth-order valence-electron chi connectivity index (χ4n) is 1.90. The van der Waals surface area contributed by atoms with Crippen LogP contribution < -0.4 is 10.2 Å². The van der Waals surface area contributed by atoms with Crippen LogP contribution in [-0.2, 0) is 6.54 Å². The van der Waals surface area contributed by atoms with E-state index in [1.165, 1.54) is 11.3 Å². The van der Waals surface area contributed by atoms with Crippen LogP contribution in [0.2, 0.25) is 0 Å². The SMILES string of the molecule is CCNCc1ccc(N(CC)CCCO)c(Br)c1. The molecule has 0 aromatic heterocycles. The van der Waals surface area contributed by atoms with Gasteiger partial charge in [0.15, 0.2) is 0 Å². The second kappa shape index (κ2) is 8.51. The minimum Gasteiger partial charge on any atom is -0.396 e. The molecule has 0 heterocycles. The van der Waals surface area contributed by atoms with Crippen LogP contribution in [0.25, 0.3) is 0 Å². The number of aliphatic hydroxyl groups excluding tert-OH is 1. The molecule has 1 aromatic rings. The van der Waals surface area contributed by atoms with Gasteiger partial charge in [-0.25, -0.2) is 0 Å². The summed E-state index contributed by atoms with van der Waals surface area (Å²) in [5.41, 5.74) is 2.48. The average molecular weight is 315 g/mol. The normalized spacial score (nSPS) is 10.7. The van der Waals surface area contributed by atoms with Crippen LogP contribution in [-0.4, -0.2) is 31.3 Å². The molecule has 1 rings (SSSR count). The van der Waals surface area contributed by atoms with Gasteiger partial charge in [0.05, 0.1) is 5.69 Å². The second-order valence-electron chi connectivity index (χ2n) is 4.22.